The number of thiol groups is 1. The van der Waals surface area contributed by atoms with Crippen LogP contribution >= 0.6 is 0 Å². The van der Waals surface area contributed by atoms with Gasteiger partial charge in [-0.2, -0.15) is 0 Å². The molecule has 10 heavy (non-hydrogen) atoms. The van der Waals surface area contributed by atoms with E-state index >= 15 is 0 Å². The maximum absolute atomic E-state index is 9.66. The molecule has 0 saturated carbocycles. The summed E-state index contributed by atoms with van der Waals surface area (Å²) >= 11 is 0. The second-order valence-electron chi connectivity index (χ2n) is 1.44. The summed E-state index contributed by atoms with van der Waals surface area (Å²) in [7, 11) is -3.31. The Balaban J connectivity index is 3.97. The van der Waals surface area contributed by atoms with Crippen LogP contribution in [0.5, 0.6) is 0 Å². The fourth-order valence-electron chi connectivity index (χ4n) is 0.163. The van der Waals surface area contributed by atoms with Gasteiger partial charge >= 0.3 is 5.97 Å². The van der Waals surface area contributed by atoms with Crippen LogP contribution in [0.25, 0.3) is 0 Å². The molecule has 0 aromatic rings. The second-order valence-corrected chi connectivity index (χ2v) is 2.09. The van der Waals surface area contributed by atoms with Gasteiger partial charge in [-0.15, -0.1) is 0 Å². The molecule has 1 unspecified atom stereocenters. The molecular formula is C2H7NO6S. The molecular weight excluding hydrogens is 166 g/mol. The van der Waals surface area contributed by atoms with E-state index in [9.17, 15) is 8.42 Å². The summed E-state index contributed by atoms with van der Waals surface area (Å²) in [4.78, 5) is 0. The standard InChI is InChI=1S/C2H7NO6S/c3-1(2(4,5)6)9-10(7)8/h1,4-6,10H,3H2. The van der Waals surface area contributed by atoms with Crippen molar-refractivity contribution in [2.24, 2.45) is 5.73 Å². The minimum Gasteiger partial charge on any atom is -0.340 e. The lowest BCUT2D eigenvalue weighted by Gasteiger charge is -2.18. The Morgan fingerprint density at radius 2 is 1.80 bits per heavy atom. The first-order valence-corrected chi connectivity index (χ1v) is 3.17. The highest BCUT2D eigenvalue weighted by Crippen LogP contribution is 1.99. The fourth-order valence-corrected chi connectivity index (χ4v) is 0.490. The van der Waals surface area contributed by atoms with E-state index in [0.29, 0.717) is 0 Å². The van der Waals surface area contributed by atoms with Crippen LogP contribution < -0.4 is 5.73 Å². The maximum atomic E-state index is 9.66. The average molecular weight is 173 g/mol. The summed E-state index contributed by atoms with van der Waals surface area (Å²) in [5.74, 6) is -3.34. The van der Waals surface area contributed by atoms with Crippen LogP contribution in [0.15, 0.2) is 0 Å². The van der Waals surface area contributed by atoms with Gasteiger partial charge in [-0.1, -0.05) is 0 Å². The third-order valence-corrected chi connectivity index (χ3v) is 0.981. The van der Waals surface area contributed by atoms with Crippen LogP contribution in [0.4, 0.5) is 0 Å². The molecule has 5 N–H and O–H groups in total. The molecule has 0 fully saturated rings. The Bertz CT molecular complexity index is 161. The van der Waals surface area contributed by atoms with Crippen LogP contribution in [-0.2, 0) is 15.2 Å². The molecule has 0 radical (unpaired) electrons. The molecule has 0 spiro atoms. The van der Waals surface area contributed by atoms with Crippen molar-refractivity contribution in [3.8, 4) is 0 Å². The molecule has 0 saturated heterocycles. The van der Waals surface area contributed by atoms with Crippen molar-refractivity contribution in [2.75, 3.05) is 0 Å². The van der Waals surface area contributed by atoms with Gasteiger partial charge in [0.05, 0.1) is 0 Å². The minimum atomic E-state index is -3.34. The van der Waals surface area contributed by atoms with Crippen LogP contribution in [0.1, 0.15) is 0 Å². The Hall–Kier alpha value is -0.250. The molecule has 0 aliphatic heterocycles. The molecule has 0 aliphatic rings. The molecule has 7 nitrogen and oxygen atoms in total. The predicted octanol–water partition coefficient (Wildman–Crippen LogP) is -3.56. The van der Waals surface area contributed by atoms with Crippen molar-refractivity contribution in [2.45, 2.75) is 12.2 Å². The van der Waals surface area contributed by atoms with Gasteiger partial charge < -0.3 is 15.3 Å². The second kappa shape index (κ2) is 3.23. The highest BCUT2D eigenvalue weighted by atomic mass is 32.2. The largest absolute Gasteiger partial charge is 0.340 e. The molecule has 0 aliphatic carbocycles. The minimum absolute atomic E-state index is 2.09. The van der Waals surface area contributed by atoms with Gasteiger partial charge in [0.15, 0.2) is 0 Å². The van der Waals surface area contributed by atoms with Crippen molar-refractivity contribution in [1.82, 2.24) is 0 Å². The van der Waals surface area contributed by atoms with Crippen molar-refractivity contribution < 1.29 is 27.9 Å². The number of hydrogen-bond donors (Lipinski definition) is 5. The molecule has 0 aromatic carbocycles. The summed E-state index contributed by atoms with van der Waals surface area (Å²) < 4.78 is 22.9. The molecule has 0 rings (SSSR count). The van der Waals surface area contributed by atoms with E-state index in [4.69, 9.17) is 15.3 Å². The summed E-state index contributed by atoms with van der Waals surface area (Å²) in [6.45, 7) is 0. The Morgan fingerprint density at radius 1 is 1.40 bits per heavy atom. The third kappa shape index (κ3) is 3.71. The topological polar surface area (TPSA) is 130 Å². The first-order chi connectivity index (χ1) is 4.34. The SMILES string of the molecule is NC(O[SH](=O)=O)C(O)(O)O. The normalized spacial score (nSPS) is 15.7. The zero-order valence-corrected chi connectivity index (χ0v) is 5.56. The van der Waals surface area contributed by atoms with Gasteiger partial charge in [0, 0.05) is 0 Å². The molecule has 0 aromatic heterocycles. The zero-order chi connectivity index (χ0) is 8.36. The van der Waals surface area contributed by atoms with Gasteiger partial charge in [0.2, 0.25) is 6.23 Å². The molecule has 8 heteroatoms. The number of nitrogens with two attached hydrogens (primary N) is 1. The van der Waals surface area contributed by atoms with Crippen LogP contribution in [0.3, 0.4) is 0 Å². The van der Waals surface area contributed by atoms with E-state index in [0.717, 1.165) is 0 Å². The molecule has 1 atom stereocenters. The van der Waals surface area contributed by atoms with Gasteiger partial charge in [-0.25, -0.2) is 12.6 Å². The number of aliphatic hydroxyl groups is 3. The summed E-state index contributed by atoms with van der Waals surface area (Å²) in [5, 5.41) is 24.4. The van der Waals surface area contributed by atoms with Crippen molar-refractivity contribution in [1.29, 1.82) is 0 Å². The highest BCUT2D eigenvalue weighted by Gasteiger charge is 2.30. The highest BCUT2D eigenvalue weighted by molar-refractivity contribution is 7.67. The van der Waals surface area contributed by atoms with Gasteiger partial charge in [0.1, 0.15) is 0 Å². The lowest BCUT2D eigenvalue weighted by molar-refractivity contribution is -0.347. The van der Waals surface area contributed by atoms with Crippen molar-refractivity contribution in [3.05, 3.63) is 0 Å². The van der Waals surface area contributed by atoms with Crippen LogP contribution in [0.2, 0.25) is 0 Å². The van der Waals surface area contributed by atoms with Crippen molar-refractivity contribution >= 4 is 11.0 Å². The van der Waals surface area contributed by atoms with Crippen LogP contribution in [0, 0.1) is 0 Å². The summed E-state index contributed by atoms with van der Waals surface area (Å²) in [6, 6.07) is 0. The Morgan fingerprint density at radius 3 is 1.90 bits per heavy atom. The third-order valence-electron chi connectivity index (χ3n) is 0.581. The molecule has 0 heterocycles. The van der Waals surface area contributed by atoms with E-state index in [1.54, 1.807) is 0 Å². The number of hydrogen-bond acceptors (Lipinski definition) is 7. The lowest BCUT2D eigenvalue weighted by atomic mass is 10.5. The maximum Gasteiger partial charge on any atom is 0.318 e. The fraction of sp³-hybridized carbons (Fsp3) is 1.00. The first kappa shape index (κ1) is 9.75. The summed E-state index contributed by atoms with van der Waals surface area (Å²) in [6.07, 6.45) is -2.09. The summed E-state index contributed by atoms with van der Waals surface area (Å²) in [5.41, 5.74) is 4.60. The van der Waals surface area contributed by atoms with Gasteiger partial charge in [0.25, 0.3) is 11.0 Å². The number of rotatable bonds is 3. The quantitative estimate of drug-likeness (QED) is 0.220. The van der Waals surface area contributed by atoms with Crippen LogP contribution in [-0.4, -0.2) is 35.9 Å². The zero-order valence-electron chi connectivity index (χ0n) is 4.67. The monoisotopic (exact) mass is 173 g/mol. The van der Waals surface area contributed by atoms with E-state index in [-0.39, 0.29) is 0 Å². The Labute approximate surface area is 57.8 Å². The van der Waals surface area contributed by atoms with Crippen molar-refractivity contribution in [3.63, 3.8) is 0 Å². The van der Waals surface area contributed by atoms with Gasteiger partial charge in [-0.3, -0.25) is 5.73 Å². The Kier molecular flexibility index (Phi) is 3.15. The molecule has 0 bridgehead atoms. The molecule has 0 amide bonds. The first-order valence-electron chi connectivity index (χ1n) is 2.08. The molecule has 62 valence electrons. The van der Waals surface area contributed by atoms with E-state index in [2.05, 4.69) is 9.92 Å². The van der Waals surface area contributed by atoms with E-state index in [1.165, 1.54) is 0 Å². The predicted molar refractivity (Wildman–Crippen MR) is 28.8 cm³/mol. The average Bonchev–Trinajstić information content (AvgIpc) is 1.60. The van der Waals surface area contributed by atoms with E-state index in [1.807, 2.05) is 0 Å². The van der Waals surface area contributed by atoms with E-state index < -0.39 is 23.2 Å². The van der Waals surface area contributed by atoms with Gasteiger partial charge in [-0.05, 0) is 0 Å². The smallest absolute Gasteiger partial charge is 0.318 e. The lowest BCUT2D eigenvalue weighted by Crippen LogP contribution is -2.49.